The third-order valence-corrected chi connectivity index (χ3v) is 5.92. The summed E-state index contributed by atoms with van der Waals surface area (Å²) in [4.78, 5) is 15.1. The minimum atomic E-state index is -0.0603. The molecule has 0 bridgehead atoms. The van der Waals surface area contributed by atoms with Crippen LogP contribution >= 0.6 is 15.9 Å². The average Bonchev–Trinajstić information content (AvgIpc) is 3.25. The van der Waals surface area contributed by atoms with Crippen LogP contribution in [0, 0.1) is 6.92 Å². The summed E-state index contributed by atoms with van der Waals surface area (Å²) < 4.78 is 8.22. The van der Waals surface area contributed by atoms with Gasteiger partial charge >= 0.3 is 0 Å². The van der Waals surface area contributed by atoms with E-state index in [0.717, 1.165) is 59.7 Å². The highest BCUT2D eigenvalue weighted by molar-refractivity contribution is 9.10. The van der Waals surface area contributed by atoms with Gasteiger partial charge in [0.05, 0.1) is 26.0 Å². The van der Waals surface area contributed by atoms with Gasteiger partial charge in [-0.3, -0.25) is 9.69 Å². The Morgan fingerprint density at radius 2 is 1.94 bits per heavy atom. The SMILES string of the molecule is Cc1ccc(-c2cn(Cc3ccc(Br)cc3)nn2)cc1C(=O)NCCN1CCOCC1. The monoisotopic (exact) mass is 483 g/mol. The van der Waals surface area contributed by atoms with Crippen molar-refractivity contribution in [1.82, 2.24) is 25.2 Å². The first-order valence-electron chi connectivity index (χ1n) is 10.4. The lowest BCUT2D eigenvalue weighted by atomic mass is 10.0. The zero-order valence-corrected chi connectivity index (χ0v) is 19.1. The summed E-state index contributed by atoms with van der Waals surface area (Å²) in [6.07, 6.45) is 1.91. The molecule has 0 atom stereocenters. The molecule has 1 amide bonds. The predicted octanol–water partition coefficient (Wildman–Crippen LogP) is 3.13. The van der Waals surface area contributed by atoms with Crippen molar-refractivity contribution in [2.24, 2.45) is 0 Å². The van der Waals surface area contributed by atoms with Crippen LogP contribution in [-0.4, -0.2) is 65.2 Å². The highest BCUT2D eigenvalue weighted by Crippen LogP contribution is 2.21. The maximum absolute atomic E-state index is 12.8. The molecule has 2 heterocycles. The van der Waals surface area contributed by atoms with E-state index in [1.54, 1.807) is 4.68 Å². The van der Waals surface area contributed by atoms with E-state index in [0.29, 0.717) is 18.7 Å². The highest BCUT2D eigenvalue weighted by Gasteiger charge is 2.14. The molecule has 31 heavy (non-hydrogen) atoms. The summed E-state index contributed by atoms with van der Waals surface area (Å²) >= 11 is 3.45. The molecular formula is C23H26BrN5O2. The maximum atomic E-state index is 12.8. The van der Waals surface area contributed by atoms with Gasteiger partial charge in [0.2, 0.25) is 0 Å². The number of carbonyl (C=O) groups is 1. The van der Waals surface area contributed by atoms with Crippen LogP contribution in [0.1, 0.15) is 21.5 Å². The van der Waals surface area contributed by atoms with Crippen LogP contribution in [0.15, 0.2) is 53.1 Å². The molecule has 2 aromatic carbocycles. The van der Waals surface area contributed by atoms with Gasteiger partial charge in [0.1, 0.15) is 5.69 Å². The molecular weight excluding hydrogens is 458 g/mol. The number of carbonyl (C=O) groups excluding carboxylic acids is 1. The molecule has 7 nitrogen and oxygen atoms in total. The second-order valence-corrected chi connectivity index (χ2v) is 8.58. The summed E-state index contributed by atoms with van der Waals surface area (Å²) in [5, 5.41) is 11.6. The van der Waals surface area contributed by atoms with Crippen molar-refractivity contribution >= 4 is 21.8 Å². The fraction of sp³-hybridized carbons (Fsp3) is 0.348. The molecule has 0 radical (unpaired) electrons. The van der Waals surface area contributed by atoms with Crippen LogP contribution in [0.4, 0.5) is 0 Å². The quantitative estimate of drug-likeness (QED) is 0.558. The second-order valence-electron chi connectivity index (χ2n) is 7.67. The van der Waals surface area contributed by atoms with Crippen LogP contribution in [0.3, 0.4) is 0 Å². The van der Waals surface area contributed by atoms with Crippen LogP contribution in [-0.2, 0) is 11.3 Å². The van der Waals surface area contributed by atoms with Gasteiger partial charge in [0.15, 0.2) is 0 Å². The largest absolute Gasteiger partial charge is 0.379 e. The van der Waals surface area contributed by atoms with Crippen LogP contribution < -0.4 is 5.32 Å². The molecule has 4 rings (SSSR count). The van der Waals surface area contributed by atoms with Crippen molar-refractivity contribution in [1.29, 1.82) is 0 Å². The number of hydrogen-bond acceptors (Lipinski definition) is 5. The second kappa shape index (κ2) is 10.2. The fourth-order valence-corrected chi connectivity index (χ4v) is 3.82. The Hall–Kier alpha value is -2.55. The summed E-state index contributed by atoms with van der Waals surface area (Å²) in [6, 6.07) is 14.0. The van der Waals surface area contributed by atoms with Crippen molar-refractivity contribution in [2.45, 2.75) is 13.5 Å². The molecule has 1 aliphatic rings. The third kappa shape index (κ3) is 5.78. The van der Waals surface area contributed by atoms with Crippen LogP contribution in [0.5, 0.6) is 0 Å². The van der Waals surface area contributed by atoms with Gasteiger partial charge in [0, 0.05) is 41.8 Å². The maximum Gasteiger partial charge on any atom is 0.251 e. The van der Waals surface area contributed by atoms with Gasteiger partial charge in [-0.1, -0.05) is 45.4 Å². The Morgan fingerprint density at radius 1 is 1.16 bits per heavy atom. The van der Waals surface area contributed by atoms with E-state index in [9.17, 15) is 4.79 Å². The van der Waals surface area contributed by atoms with E-state index in [4.69, 9.17) is 4.74 Å². The number of benzene rings is 2. The number of morpholine rings is 1. The topological polar surface area (TPSA) is 72.3 Å². The smallest absolute Gasteiger partial charge is 0.251 e. The number of halogens is 1. The van der Waals surface area contributed by atoms with Crippen molar-refractivity contribution in [2.75, 3.05) is 39.4 Å². The lowest BCUT2D eigenvalue weighted by Gasteiger charge is -2.26. The number of amides is 1. The molecule has 1 aromatic heterocycles. The molecule has 0 saturated carbocycles. The number of hydrogen-bond donors (Lipinski definition) is 1. The standard InChI is InChI=1S/C23H26BrN5O2/c1-17-2-5-19(14-21(17)23(30)25-8-9-28-10-12-31-13-11-28)22-16-29(27-26-22)15-18-3-6-20(24)7-4-18/h2-7,14,16H,8-13,15H2,1H3,(H,25,30). The Balaban J connectivity index is 1.40. The van der Waals surface area contributed by atoms with E-state index < -0.39 is 0 Å². The Morgan fingerprint density at radius 3 is 2.71 bits per heavy atom. The molecule has 0 unspecified atom stereocenters. The highest BCUT2D eigenvalue weighted by atomic mass is 79.9. The van der Waals surface area contributed by atoms with Gasteiger partial charge in [0.25, 0.3) is 5.91 Å². The summed E-state index contributed by atoms with van der Waals surface area (Å²) in [7, 11) is 0. The molecule has 1 N–H and O–H groups in total. The molecule has 0 aliphatic carbocycles. The minimum Gasteiger partial charge on any atom is -0.379 e. The van der Waals surface area contributed by atoms with Gasteiger partial charge in [-0.05, 0) is 36.2 Å². The number of nitrogens with zero attached hydrogens (tertiary/aromatic N) is 4. The zero-order valence-electron chi connectivity index (χ0n) is 17.6. The van der Waals surface area contributed by atoms with E-state index in [-0.39, 0.29) is 5.91 Å². The summed E-state index contributed by atoms with van der Waals surface area (Å²) in [5.74, 6) is -0.0603. The minimum absolute atomic E-state index is 0.0603. The first-order chi connectivity index (χ1) is 15.1. The first-order valence-corrected chi connectivity index (χ1v) is 11.2. The number of rotatable bonds is 7. The number of aromatic nitrogens is 3. The fourth-order valence-electron chi connectivity index (χ4n) is 3.56. The molecule has 1 fully saturated rings. The summed E-state index contributed by atoms with van der Waals surface area (Å²) in [6.45, 7) is 7.39. The van der Waals surface area contributed by atoms with Crippen molar-refractivity contribution in [3.05, 3.63) is 69.8 Å². The first kappa shape index (κ1) is 21.7. The van der Waals surface area contributed by atoms with E-state index in [2.05, 4.69) is 48.6 Å². The molecule has 0 spiro atoms. The zero-order chi connectivity index (χ0) is 21.6. The third-order valence-electron chi connectivity index (χ3n) is 5.39. The van der Waals surface area contributed by atoms with Gasteiger partial charge in [-0.2, -0.15) is 0 Å². The molecule has 1 aliphatic heterocycles. The predicted molar refractivity (Wildman–Crippen MR) is 123 cm³/mol. The Kier molecular flexibility index (Phi) is 7.11. The van der Waals surface area contributed by atoms with Crippen molar-refractivity contribution in [3.63, 3.8) is 0 Å². The Bertz CT molecular complexity index is 1030. The van der Waals surface area contributed by atoms with Gasteiger partial charge in [-0.25, -0.2) is 4.68 Å². The molecule has 3 aromatic rings. The van der Waals surface area contributed by atoms with E-state index in [1.165, 1.54) is 0 Å². The van der Waals surface area contributed by atoms with Gasteiger partial charge < -0.3 is 10.1 Å². The van der Waals surface area contributed by atoms with Crippen molar-refractivity contribution in [3.8, 4) is 11.3 Å². The Labute approximate surface area is 190 Å². The number of ether oxygens (including phenoxy) is 1. The lowest BCUT2D eigenvalue weighted by molar-refractivity contribution is 0.0383. The summed E-state index contributed by atoms with van der Waals surface area (Å²) in [5.41, 5.74) is 4.38. The lowest BCUT2D eigenvalue weighted by Crippen LogP contribution is -2.41. The molecule has 1 saturated heterocycles. The average molecular weight is 484 g/mol. The van der Waals surface area contributed by atoms with Crippen LogP contribution in [0.25, 0.3) is 11.3 Å². The normalized spacial score (nSPS) is 14.5. The van der Waals surface area contributed by atoms with Gasteiger partial charge in [-0.15, -0.1) is 5.10 Å². The van der Waals surface area contributed by atoms with E-state index in [1.807, 2.05) is 43.5 Å². The number of aryl methyl sites for hydroxylation is 1. The molecule has 162 valence electrons. The van der Waals surface area contributed by atoms with Crippen molar-refractivity contribution < 1.29 is 9.53 Å². The van der Waals surface area contributed by atoms with Crippen LogP contribution in [0.2, 0.25) is 0 Å². The molecule has 8 heteroatoms. The number of nitrogens with one attached hydrogen (secondary N) is 1. The van der Waals surface area contributed by atoms with E-state index >= 15 is 0 Å².